The molecule has 0 aliphatic carbocycles. The summed E-state index contributed by atoms with van der Waals surface area (Å²) >= 11 is 5.78. The van der Waals surface area contributed by atoms with E-state index in [1.54, 1.807) is 17.0 Å². The lowest BCUT2D eigenvalue weighted by Gasteiger charge is -2.35. The number of alkyl halides is 3. The van der Waals surface area contributed by atoms with Crippen molar-refractivity contribution in [3.63, 3.8) is 0 Å². The average Bonchev–Trinajstić information content (AvgIpc) is 3.38. The van der Waals surface area contributed by atoms with Gasteiger partial charge in [0.05, 0.1) is 16.5 Å². The van der Waals surface area contributed by atoms with Crippen molar-refractivity contribution in [3.8, 4) is 0 Å². The first kappa shape index (κ1) is 24.1. The molecule has 0 radical (unpaired) electrons. The molecule has 1 amide bonds. The zero-order valence-corrected chi connectivity index (χ0v) is 19.8. The Labute approximate surface area is 204 Å². The van der Waals surface area contributed by atoms with E-state index in [2.05, 4.69) is 10.3 Å². The van der Waals surface area contributed by atoms with Gasteiger partial charge in [0.15, 0.2) is 0 Å². The standard InChI is InChI=1S/C21H21ClF3N5O4S/c22-18-9-13(21(23,24)25)10-19(27-18)28-5-7-29(8-6-28)35(32,33)15-3-1-14(2-4-15)30-16-11-26-12-17(16)34-20(30)31/h1-4,9-10,16-17,26H,5-8,11-12H2/t16-,17+/m1/s1. The highest BCUT2D eigenvalue weighted by molar-refractivity contribution is 7.89. The Morgan fingerprint density at radius 1 is 1.06 bits per heavy atom. The van der Waals surface area contributed by atoms with Crippen LogP contribution in [0.25, 0.3) is 0 Å². The number of anilines is 2. The van der Waals surface area contributed by atoms with Crippen molar-refractivity contribution in [2.75, 3.05) is 49.1 Å². The van der Waals surface area contributed by atoms with Gasteiger partial charge in [-0.1, -0.05) is 11.6 Å². The van der Waals surface area contributed by atoms with Crippen LogP contribution in [-0.2, 0) is 20.9 Å². The van der Waals surface area contributed by atoms with Gasteiger partial charge < -0.3 is 15.0 Å². The van der Waals surface area contributed by atoms with Crippen molar-refractivity contribution < 1.29 is 31.1 Å². The molecule has 3 fully saturated rings. The highest BCUT2D eigenvalue weighted by Gasteiger charge is 2.45. The van der Waals surface area contributed by atoms with Crippen molar-refractivity contribution in [2.24, 2.45) is 0 Å². The second kappa shape index (κ2) is 8.80. The Bertz CT molecular complexity index is 1240. The van der Waals surface area contributed by atoms with E-state index in [9.17, 15) is 26.4 Å². The van der Waals surface area contributed by atoms with Gasteiger partial charge in [-0.2, -0.15) is 17.5 Å². The molecular weight excluding hydrogens is 511 g/mol. The Kier molecular flexibility index (Phi) is 6.06. The number of halogens is 4. The largest absolute Gasteiger partial charge is 0.442 e. The molecule has 2 atom stereocenters. The maximum Gasteiger partial charge on any atom is 0.416 e. The van der Waals surface area contributed by atoms with Crippen molar-refractivity contribution in [3.05, 3.63) is 47.1 Å². The first-order valence-corrected chi connectivity index (χ1v) is 12.7. The molecule has 35 heavy (non-hydrogen) atoms. The molecule has 0 spiro atoms. The normalized spacial score (nSPS) is 23.5. The van der Waals surface area contributed by atoms with Crippen LogP contribution in [0, 0.1) is 0 Å². The Morgan fingerprint density at radius 2 is 1.74 bits per heavy atom. The highest BCUT2D eigenvalue weighted by atomic mass is 35.5. The zero-order valence-electron chi connectivity index (χ0n) is 18.2. The van der Waals surface area contributed by atoms with Crippen molar-refractivity contribution in [2.45, 2.75) is 23.2 Å². The highest BCUT2D eigenvalue weighted by Crippen LogP contribution is 2.34. The van der Waals surface area contributed by atoms with E-state index in [-0.39, 0.29) is 54.2 Å². The van der Waals surface area contributed by atoms with Crippen molar-refractivity contribution in [1.29, 1.82) is 0 Å². The van der Waals surface area contributed by atoms with Crippen LogP contribution in [0.4, 0.5) is 29.5 Å². The minimum Gasteiger partial charge on any atom is -0.442 e. The van der Waals surface area contributed by atoms with E-state index in [1.807, 2.05) is 0 Å². The number of hydrogen-bond acceptors (Lipinski definition) is 7. The molecule has 188 valence electrons. The minimum absolute atomic E-state index is 0.0448. The summed E-state index contributed by atoms with van der Waals surface area (Å²) in [5.74, 6) is 0.0448. The summed E-state index contributed by atoms with van der Waals surface area (Å²) < 4.78 is 72.3. The number of carbonyl (C=O) groups is 1. The van der Waals surface area contributed by atoms with Crippen LogP contribution in [0.2, 0.25) is 5.15 Å². The molecule has 4 heterocycles. The Balaban J connectivity index is 1.28. The predicted molar refractivity (Wildman–Crippen MR) is 121 cm³/mol. The molecule has 3 saturated heterocycles. The number of rotatable bonds is 4. The van der Waals surface area contributed by atoms with E-state index in [0.717, 1.165) is 12.1 Å². The number of nitrogens with zero attached hydrogens (tertiary/aromatic N) is 4. The summed E-state index contributed by atoms with van der Waals surface area (Å²) in [6.07, 6.45) is -5.26. The fourth-order valence-corrected chi connectivity index (χ4v) is 6.16. The number of amides is 1. The summed E-state index contributed by atoms with van der Waals surface area (Å²) in [7, 11) is -3.85. The summed E-state index contributed by atoms with van der Waals surface area (Å²) in [6, 6.07) is 7.53. The summed E-state index contributed by atoms with van der Waals surface area (Å²) in [5.41, 5.74) is -0.369. The van der Waals surface area contributed by atoms with Crippen LogP contribution < -0.4 is 15.1 Å². The third-order valence-electron chi connectivity index (χ3n) is 6.33. The number of pyridine rings is 1. The van der Waals surface area contributed by atoms with Gasteiger partial charge in [-0.15, -0.1) is 0 Å². The van der Waals surface area contributed by atoms with E-state index in [4.69, 9.17) is 16.3 Å². The number of aromatic nitrogens is 1. The first-order chi connectivity index (χ1) is 16.5. The van der Waals surface area contributed by atoms with Crippen LogP contribution in [0.15, 0.2) is 41.3 Å². The summed E-state index contributed by atoms with van der Waals surface area (Å²) in [6.45, 7) is 1.59. The van der Waals surface area contributed by atoms with Crippen LogP contribution >= 0.6 is 11.6 Å². The number of fused-ring (bicyclic) bond motifs is 1. The third-order valence-corrected chi connectivity index (χ3v) is 8.44. The monoisotopic (exact) mass is 531 g/mol. The Morgan fingerprint density at radius 3 is 2.40 bits per heavy atom. The molecule has 0 saturated carbocycles. The minimum atomic E-state index is -4.57. The number of sulfonamides is 1. The van der Waals surface area contributed by atoms with Gasteiger partial charge in [0, 0.05) is 45.0 Å². The number of benzene rings is 1. The van der Waals surface area contributed by atoms with Crippen LogP contribution in [0.1, 0.15) is 5.56 Å². The molecule has 0 bridgehead atoms. The molecule has 3 aliphatic heterocycles. The lowest BCUT2D eigenvalue weighted by molar-refractivity contribution is -0.137. The van der Waals surface area contributed by atoms with E-state index in [0.29, 0.717) is 18.8 Å². The maximum absolute atomic E-state index is 13.2. The van der Waals surface area contributed by atoms with Gasteiger partial charge in [-0.05, 0) is 36.4 Å². The first-order valence-electron chi connectivity index (χ1n) is 10.8. The molecular formula is C21H21ClF3N5O4S. The van der Waals surface area contributed by atoms with Crippen molar-refractivity contribution >= 4 is 39.2 Å². The van der Waals surface area contributed by atoms with Gasteiger partial charge in [0.1, 0.15) is 17.1 Å². The van der Waals surface area contributed by atoms with Gasteiger partial charge in [0.25, 0.3) is 0 Å². The molecule has 1 N–H and O–H groups in total. The molecule has 3 aliphatic rings. The number of nitrogens with one attached hydrogen (secondary N) is 1. The van der Waals surface area contributed by atoms with Crippen LogP contribution in [-0.4, -0.2) is 75.2 Å². The summed E-state index contributed by atoms with van der Waals surface area (Å²) in [5, 5.41) is 2.87. The van der Waals surface area contributed by atoms with E-state index in [1.165, 1.54) is 21.3 Å². The van der Waals surface area contributed by atoms with E-state index < -0.39 is 27.9 Å². The van der Waals surface area contributed by atoms with Crippen molar-refractivity contribution in [1.82, 2.24) is 14.6 Å². The van der Waals surface area contributed by atoms with Gasteiger partial charge in [-0.25, -0.2) is 18.2 Å². The second-order valence-corrected chi connectivity index (χ2v) is 10.8. The molecule has 5 rings (SSSR count). The molecule has 14 heteroatoms. The van der Waals surface area contributed by atoms with Crippen LogP contribution in [0.5, 0.6) is 0 Å². The second-order valence-electron chi connectivity index (χ2n) is 8.44. The fraction of sp³-hybridized carbons (Fsp3) is 0.429. The molecule has 0 unspecified atom stereocenters. The number of carbonyl (C=O) groups excluding carboxylic acids is 1. The smallest absolute Gasteiger partial charge is 0.416 e. The average molecular weight is 532 g/mol. The van der Waals surface area contributed by atoms with Gasteiger partial charge >= 0.3 is 12.3 Å². The number of hydrogen-bond donors (Lipinski definition) is 1. The predicted octanol–water partition coefficient (Wildman–Crippen LogP) is 2.56. The van der Waals surface area contributed by atoms with E-state index >= 15 is 0 Å². The lowest BCUT2D eigenvalue weighted by Crippen LogP contribution is -2.49. The lowest BCUT2D eigenvalue weighted by atomic mass is 10.2. The zero-order chi connectivity index (χ0) is 25.0. The SMILES string of the molecule is O=C1O[C@H]2CNC[C@H]2N1c1ccc(S(=O)(=O)N2CCN(c3cc(C(F)(F)F)cc(Cl)n3)CC2)cc1. The fourth-order valence-electron chi connectivity index (χ4n) is 4.53. The third kappa shape index (κ3) is 4.53. The van der Waals surface area contributed by atoms with Gasteiger partial charge in [0.2, 0.25) is 10.0 Å². The molecule has 2 aromatic rings. The van der Waals surface area contributed by atoms with Gasteiger partial charge in [-0.3, -0.25) is 4.90 Å². The molecule has 1 aromatic carbocycles. The maximum atomic E-state index is 13.2. The Hall–Kier alpha value is -2.61. The number of ether oxygens (including phenoxy) is 1. The topological polar surface area (TPSA) is 95.1 Å². The molecule has 9 nitrogen and oxygen atoms in total. The quantitative estimate of drug-likeness (QED) is 0.606. The van der Waals surface area contributed by atoms with Crippen LogP contribution in [0.3, 0.4) is 0 Å². The summed E-state index contributed by atoms with van der Waals surface area (Å²) in [4.78, 5) is 19.4. The number of piperazine rings is 1. The molecule has 1 aromatic heterocycles.